The van der Waals surface area contributed by atoms with Gasteiger partial charge in [-0.1, -0.05) is 29.5 Å². The maximum absolute atomic E-state index is 12.3. The fourth-order valence-corrected chi connectivity index (χ4v) is 4.20. The minimum atomic E-state index is -3.42. The van der Waals surface area contributed by atoms with Gasteiger partial charge in [-0.3, -0.25) is 14.8 Å². The van der Waals surface area contributed by atoms with Crippen molar-refractivity contribution in [2.24, 2.45) is 0 Å². The molecule has 1 aromatic carbocycles. The van der Waals surface area contributed by atoms with Gasteiger partial charge in [-0.2, -0.15) is 0 Å². The number of anilines is 2. The number of carbonyl (C=O) groups excluding carboxylic acids is 1. The van der Waals surface area contributed by atoms with Gasteiger partial charge in [0.15, 0.2) is 0 Å². The molecule has 114 valence electrons. The first kappa shape index (κ1) is 14.9. The van der Waals surface area contributed by atoms with E-state index in [4.69, 9.17) is 0 Å². The van der Waals surface area contributed by atoms with Crippen LogP contribution < -0.4 is 10.0 Å². The molecule has 2 N–H and O–H groups in total. The van der Waals surface area contributed by atoms with Gasteiger partial charge < -0.3 is 0 Å². The van der Waals surface area contributed by atoms with Crippen molar-refractivity contribution in [3.8, 4) is 0 Å². The fraction of sp³-hybridized carbons (Fsp3) is 0.0833. The van der Waals surface area contributed by atoms with Gasteiger partial charge in [-0.05, 0) is 6.07 Å². The van der Waals surface area contributed by atoms with Crippen LogP contribution in [0.4, 0.5) is 10.3 Å². The number of thiophene rings is 1. The number of hydrogen-bond donors (Lipinski definition) is 2. The van der Waals surface area contributed by atoms with Crippen LogP contribution in [-0.4, -0.2) is 30.8 Å². The highest BCUT2D eigenvalue weighted by atomic mass is 32.2. The third kappa shape index (κ3) is 3.24. The lowest BCUT2D eigenvalue weighted by Crippen LogP contribution is -2.10. The van der Waals surface area contributed by atoms with Crippen LogP contribution >= 0.6 is 22.7 Å². The molecule has 3 aromatic rings. The lowest BCUT2D eigenvalue weighted by molar-refractivity contribution is 0.102. The molecule has 7 nitrogen and oxygen atoms in total. The molecule has 0 saturated carbocycles. The number of nitrogens with one attached hydrogen (secondary N) is 2. The highest BCUT2D eigenvalue weighted by Gasteiger charge is 2.15. The maximum atomic E-state index is 12.3. The molecule has 0 bridgehead atoms. The molecule has 2 heterocycles. The number of nitrogens with zero attached hydrogens (tertiary/aromatic N) is 2. The smallest absolute Gasteiger partial charge is 0.258 e. The van der Waals surface area contributed by atoms with Crippen molar-refractivity contribution in [1.82, 2.24) is 10.2 Å². The summed E-state index contributed by atoms with van der Waals surface area (Å²) in [6.07, 6.45) is 1.02. The molecule has 22 heavy (non-hydrogen) atoms. The zero-order chi connectivity index (χ0) is 15.7. The lowest BCUT2D eigenvalue weighted by Gasteiger charge is -1.99. The van der Waals surface area contributed by atoms with Crippen molar-refractivity contribution in [1.29, 1.82) is 0 Å². The Bertz CT molecular complexity index is 945. The third-order valence-electron chi connectivity index (χ3n) is 2.64. The van der Waals surface area contributed by atoms with Crippen LogP contribution in [0.15, 0.2) is 29.6 Å². The van der Waals surface area contributed by atoms with Crippen molar-refractivity contribution in [2.75, 3.05) is 16.3 Å². The number of carbonyl (C=O) groups is 1. The summed E-state index contributed by atoms with van der Waals surface area (Å²) in [6, 6.07) is 7.59. The Morgan fingerprint density at radius 3 is 2.68 bits per heavy atom. The first-order chi connectivity index (χ1) is 10.4. The Morgan fingerprint density at radius 2 is 1.91 bits per heavy atom. The summed E-state index contributed by atoms with van der Waals surface area (Å²) in [7, 11) is -3.42. The van der Waals surface area contributed by atoms with Crippen LogP contribution in [0.5, 0.6) is 0 Å². The van der Waals surface area contributed by atoms with Crippen molar-refractivity contribution in [2.45, 2.75) is 0 Å². The van der Waals surface area contributed by atoms with E-state index in [0.717, 1.165) is 27.7 Å². The Hall–Kier alpha value is -2.04. The molecule has 1 amide bonds. The molecule has 0 fully saturated rings. The summed E-state index contributed by atoms with van der Waals surface area (Å²) < 4.78 is 25.4. The molecule has 0 radical (unpaired) electrons. The second-order valence-electron chi connectivity index (χ2n) is 4.39. The number of aromatic nitrogens is 2. The van der Waals surface area contributed by atoms with Gasteiger partial charge in [0.25, 0.3) is 5.91 Å². The second-order valence-corrected chi connectivity index (χ2v) is 8.02. The second kappa shape index (κ2) is 5.63. The van der Waals surface area contributed by atoms with Gasteiger partial charge in [0.05, 0.1) is 11.8 Å². The molecule has 2 aromatic heterocycles. The Balaban J connectivity index is 1.80. The largest absolute Gasteiger partial charge is 0.296 e. The normalized spacial score (nSPS) is 11.5. The zero-order valence-electron chi connectivity index (χ0n) is 11.2. The van der Waals surface area contributed by atoms with E-state index < -0.39 is 10.0 Å². The molecule has 0 unspecified atom stereocenters. The van der Waals surface area contributed by atoms with Crippen molar-refractivity contribution < 1.29 is 13.2 Å². The third-order valence-corrected chi connectivity index (χ3v) is 5.05. The maximum Gasteiger partial charge on any atom is 0.258 e. The van der Waals surface area contributed by atoms with Crippen LogP contribution in [0, 0.1) is 0 Å². The SMILES string of the molecule is CS(=O)(=O)Nc1nnc(NC(=O)c2csc3ccccc23)s1. The van der Waals surface area contributed by atoms with Gasteiger partial charge >= 0.3 is 0 Å². The van der Waals surface area contributed by atoms with Crippen molar-refractivity contribution >= 4 is 59.0 Å². The summed E-state index contributed by atoms with van der Waals surface area (Å²) in [6.45, 7) is 0. The van der Waals surface area contributed by atoms with E-state index in [1.807, 2.05) is 24.3 Å². The van der Waals surface area contributed by atoms with E-state index in [1.165, 1.54) is 11.3 Å². The minimum absolute atomic E-state index is 0.105. The number of fused-ring (bicyclic) bond motifs is 1. The summed E-state index contributed by atoms with van der Waals surface area (Å²) in [5.41, 5.74) is 0.549. The van der Waals surface area contributed by atoms with Gasteiger partial charge in [0.1, 0.15) is 0 Å². The van der Waals surface area contributed by atoms with Crippen LogP contribution in [0.3, 0.4) is 0 Å². The first-order valence-electron chi connectivity index (χ1n) is 6.01. The topological polar surface area (TPSA) is 101 Å². The van der Waals surface area contributed by atoms with Crippen molar-refractivity contribution in [3.63, 3.8) is 0 Å². The van der Waals surface area contributed by atoms with Crippen LogP contribution in [0.25, 0.3) is 10.1 Å². The first-order valence-corrected chi connectivity index (χ1v) is 9.60. The molecule has 0 aliphatic rings. The summed E-state index contributed by atoms with van der Waals surface area (Å²) >= 11 is 2.43. The highest BCUT2D eigenvalue weighted by Crippen LogP contribution is 2.27. The summed E-state index contributed by atoms with van der Waals surface area (Å²) in [4.78, 5) is 12.3. The molecular formula is C12H10N4O3S3. The predicted molar refractivity (Wildman–Crippen MR) is 88.2 cm³/mol. The average Bonchev–Trinajstić information content (AvgIpc) is 3.03. The Kier molecular flexibility index (Phi) is 3.81. The number of sulfonamides is 1. The molecule has 0 aliphatic heterocycles. The van der Waals surface area contributed by atoms with E-state index in [1.54, 1.807) is 5.38 Å². The van der Waals surface area contributed by atoms with E-state index >= 15 is 0 Å². The summed E-state index contributed by atoms with van der Waals surface area (Å²) in [5, 5.41) is 13.0. The van der Waals surface area contributed by atoms with Gasteiger partial charge in [-0.25, -0.2) is 8.42 Å². The molecule has 3 rings (SSSR count). The standard InChI is InChI=1S/C12H10N4O3S3/c1-22(18,19)16-12-15-14-11(21-12)13-10(17)8-6-20-9-5-3-2-4-7(8)9/h2-6H,1H3,(H,15,16)(H,13,14,17). The quantitative estimate of drug-likeness (QED) is 0.749. The minimum Gasteiger partial charge on any atom is -0.296 e. The van der Waals surface area contributed by atoms with Crippen LogP contribution in [0.2, 0.25) is 0 Å². The monoisotopic (exact) mass is 354 g/mol. The van der Waals surface area contributed by atoms with Crippen molar-refractivity contribution in [3.05, 3.63) is 35.2 Å². The van der Waals surface area contributed by atoms with E-state index in [9.17, 15) is 13.2 Å². The molecule has 10 heteroatoms. The molecular weight excluding hydrogens is 344 g/mol. The van der Waals surface area contributed by atoms with Crippen LogP contribution in [-0.2, 0) is 10.0 Å². The molecule has 0 atom stereocenters. The summed E-state index contributed by atoms with van der Waals surface area (Å²) in [5.74, 6) is -0.306. The highest BCUT2D eigenvalue weighted by molar-refractivity contribution is 7.92. The van der Waals surface area contributed by atoms with E-state index in [-0.39, 0.29) is 16.2 Å². The number of hydrogen-bond acceptors (Lipinski definition) is 7. The number of benzene rings is 1. The van der Waals surface area contributed by atoms with Crippen LogP contribution in [0.1, 0.15) is 10.4 Å². The lowest BCUT2D eigenvalue weighted by atomic mass is 10.2. The molecule has 0 spiro atoms. The van der Waals surface area contributed by atoms with E-state index in [2.05, 4.69) is 20.2 Å². The molecule has 0 saturated heterocycles. The van der Waals surface area contributed by atoms with E-state index in [0.29, 0.717) is 5.56 Å². The van der Waals surface area contributed by atoms with Gasteiger partial charge in [0, 0.05) is 15.5 Å². The fourth-order valence-electron chi connectivity index (χ4n) is 1.79. The van der Waals surface area contributed by atoms with Gasteiger partial charge in [0.2, 0.25) is 20.3 Å². The molecule has 0 aliphatic carbocycles. The predicted octanol–water partition coefficient (Wildman–Crippen LogP) is 2.38. The Morgan fingerprint density at radius 1 is 1.18 bits per heavy atom. The Labute approximate surface area is 134 Å². The average molecular weight is 354 g/mol. The van der Waals surface area contributed by atoms with Gasteiger partial charge in [-0.15, -0.1) is 21.5 Å². The zero-order valence-corrected chi connectivity index (χ0v) is 13.7. The number of amides is 1. The number of rotatable bonds is 4.